The molecule has 2 aromatic rings. The summed E-state index contributed by atoms with van der Waals surface area (Å²) in [5, 5.41) is 3.30. The van der Waals surface area contributed by atoms with Crippen LogP contribution in [0.25, 0.3) is 0 Å². The van der Waals surface area contributed by atoms with Crippen LogP contribution in [0.3, 0.4) is 0 Å². The van der Waals surface area contributed by atoms with E-state index in [2.05, 4.69) is 44.5 Å². The molecule has 0 fully saturated rings. The first-order valence-electron chi connectivity index (χ1n) is 6.33. The summed E-state index contributed by atoms with van der Waals surface area (Å²) in [5.41, 5.74) is 5.01. The predicted molar refractivity (Wildman–Crippen MR) is 69.7 cm³/mol. The van der Waals surface area contributed by atoms with Crippen molar-refractivity contribution in [3.63, 3.8) is 0 Å². The first kappa shape index (κ1) is 10.0. The van der Waals surface area contributed by atoms with Gasteiger partial charge in [0.2, 0.25) is 5.95 Å². The van der Waals surface area contributed by atoms with Crippen molar-refractivity contribution in [3.8, 4) is 0 Å². The number of nitrogens with one attached hydrogen (secondary N) is 1. The lowest BCUT2D eigenvalue weighted by molar-refractivity contribution is 0.757. The molecule has 0 bridgehead atoms. The molecule has 0 unspecified atom stereocenters. The van der Waals surface area contributed by atoms with Gasteiger partial charge >= 0.3 is 0 Å². The summed E-state index contributed by atoms with van der Waals surface area (Å²) in [6.07, 6.45) is 3.04. The van der Waals surface area contributed by atoms with Crippen LogP contribution in [0.15, 0.2) is 30.5 Å². The van der Waals surface area contributed by atoms with E-state index in [1.54, 1.807) is 0 Å². The fourth-order valence-electron chi connectivity index (χ4n) is 2.72. The average Bonchev–Trinajstić information content (AvgIpc) is 3.04. The topological polar surface area (TPSA) is 41.1 Å². The van der Waals surface area contributed by atoms with Gasteiger partial charge in [0.25, 0.3) is 0 Å². The highest BCUT2D eigenvalue weighted by Gasteiger charge is 2.23. The molecule has 4 rings (SSSR count). The maximum atomic E-state index is 4.69. The number of hydrogen-bond acceptors (Lipinski definition) is 4. The van der Waals surface area contributed by atoms with Crippen LogP contribution in [0.5, 0.6) is 0 Å². The molecule has 0 atom stereocenters. The van der Waals surface area contributed by atoms with Crippen molar-refractivity contribution < 1.29 is 0 Å². The Balaban J connectivity index is 1.77. The third kappa shape index (κ3) is 1.42. The van der Waals surface area contributed by atoms with E-state index in [-0.39, 0.29) is 0 Å². The molecule has 1 N–H and O–H groups in total. The number of aromatic nitrogens is 2. The Morgan fingerprint density at radius 1 is 1.11 bits per heavy atom. The maximum Gasteiger partial charge on any atom is 0.230 e. The van der Waals surface area contributed by atoms with Gasteiger partial charge in [0.15, 0.2) is 0 Å². The van der Waals surface area contributed by atoms with Crippen LogP contribution in [-0.2, 0) is 19.5 Å². The van der Waals surface area contributed by atoms with Crippen LogP contribution in [0.1, 0.15) is 16.8 Å². The number of fused-ring (bicyclic) bond motifs is 2. The lowest BCUT2D eigenvalue weighted by Crippen LogP contribution is -2.17. The Bertz CT molecular complexity index is 608. The lowest BCUT2D eigenvalue weighted by Gasteiger charge is -2.17. The first-order chi connectivity index (χ1) is 8.92. The molecule has 2 aliphatic rings. The van der Waals surface area contributed by atoms with E-state index in [1.807, 2.05) is 6.20 Å². The zero-order chi connectivity index (χ0) is 11.9. The summed E-state index contributed by atoms with van der Waals surface area (Å²) >= 11 is 0. The van der Waals surface area contributed by atoms with Crippen molar-refractivity contribution in [2.24, 2.45) is 0 Å². The Hall–Kier alpha value is -1.94. The van der Waals surface area contributed by atoms with Gasteiger partial charge in [-0.1, -0.05) is 18.2 Å². The smallest absolute Gasteiger partial charge is 0.230 e. The third-order valence-corrected chi connectivity index (χ3v) is 3.68. The van der Waals surface area contributed by atoms with Crippen molar-refractivity contribution in [2.75, 3.05) is 11.4 Å². The highest BCUT2D eigenvalue weighted by atomic mass is 15.3. The van der Waals surface area contributed by atoms with Gasteiger partial charge in [-0.05, 0) is 18.1 Å². The Kier molecular flexibility index (Phi) is 2.11. The van der Waals surface area contributed by atoms with Gasteiger partial charge in [-0.25, -0.2) is 9.97 Å². The molecule has 1 aromatic heterocycles. The van der Waals surface area contributed by atoms with Gasteiger partial charge < -0.3 is 10.2 Å². The van der Waals surface area contributed by atoms with Crippen molar-refractivity contribution in [3.05, 3.63) is 47.3 Å². The normalized spacial score (nSPS) is 16.8. The maximum absolute atomic E-state index is 4.69. The minimum absolute atomic E-state index is 0.836. The van der Waals surface area contributed by atoms with Crippen LogP contribution in [0, 0.1) is 0 Å². The minimum atomic E-state index is 0.836. The summed E-state index contributed by atoms with van der Waals surface area (Å²) < 4.78 is 0. The van der Waals surface area contributed by atoms with E-state index in [0.29, 0.717) is 0 Å². The Labute approximate surface area is 106 Å². The molecular weight excluding hydrogens is 224 g/mol. The molecule has 90 valence electrons. The molecule has 0 aliphatic carbocycles. The Morgan fingerprint density at radius 3 is 3.06 bits per heavy atom. The van der Waals surface area contributed by atoms with E-state index < -0.39 is 0 Å². The SMILES string of the molecule is c1ccc2c(c1)CCN2c1ncc2c(n1)CNC2. The number of hydrogen-bond donors (Lipinski definition) is 1. The molecule has 4 nitrogen and oxygen atoms in total. The zero-order valence-corrected chi connectivity index (χ0v) is 10.1. The molecule has 0 spiro atoms. The fraction of sp³-hybridized carbons (Fsp3) is 0.286. The summed E-state index contributed by atoms with van der Waals surface area (Å²) in [6, 6.07) is 8.50. The largest absolute Gasteiger partial charge is 0.310 e. The van der Waals surface area contributed by atoms with Gasteiger partial charge in [-0.3, -0.25) is 0 Å². The van der Waals surface area contributed by atoms with Crippen molar-refractivity contribution >= 4 is 11.6 Å². The van der Waals surface area contributed by atoms with Crippen molar-refractivity contribution in [2.45, 2.75) is 19.5 Å². The van der Waals surface area contributed by atoms with Crippen LogP contribution >= 0.6 is 0 Å². The first-order valence-corrected chi connectivity index (χ1v) is 6.33. The number of benzene rings is 1. The molecular formula is C14H14N4. The van der Waals surface area contributed by atoms with Crippen LogP contribution < -0.4 is 10.2 Å². The molecule has 4 heteroatoms. The molecule has 2 aliphatic heterocycles. The summed E-state index contributed by atoms with van der Waals surface area (Å²) in [6.45, 7) is 2.73. The summed E-state index contributed by atoms with van der Waals surface area (Å²) in [4.78, 5) is 11.4. The molecule has 1 aromatic carbocycles. The third-order valence-electron chi connectivity index (χ3n) is 3.68. The molecule has 0 saturated heterocycles. The van der Waals surface area contributed by atoms with Gasteiger partial charge in [-0.2, -0.15) is 0 Å². The van der Waals surface area contributed by atoms with Crippen LogP contribution in [-0.4, -0.2) is 16.5 Å². The van der Waals surface area contributed by atoms with E-state index in [4.69, 9.17) is 0 Å². The highest BCUT2D eigenvalue weighted by molar-refractivity contribution is 5.65. The minimum Gasteiger partial charge on any atom is -0.310 e. The standard InChI is InChI=1S/C14H14N4/c1-2-4-13-10(3-1)5-6-18(13)14-16-8-11-7-15-9-12(11)17-14/h1-4,8,15H,5-7,9H2. The molecule has 3 heterocycles. The zero-order valence-electron chi connectivity index (χ0n) is 10.1. The number of rotatable bonds is 1. The van der Waals surface area contributed by atoms with Gasteiger partial charge in [-0.15, -0.1) is 0 Å². The number of para-hydroxylation sites is 1. The summed E-state index contributed by atoms with van der Waals surface area (Å²) in [7, 11) is 0. The van der Waals surface area contributed by atoms with Gasteiger partial charge in [0, 0.05) is 37.1 Å². The predicted octanol–water partition coefficient (Wildman–Crippen LogP) is 1.77. The average molecular weight is 238 g/mol. The van der Waals surface area contributed by atoms with Crippen LogP contribution in [0.4, 0.5) is 11.6 Å². The van der Waals surface area contributed by atoms with Crippen molar-refractivity contribution in [1.29, 1.82) is 0 Å². The molecule has 0 radical (unpaired) electrons. The lowest BCUT2D eigenvalue weighted by atomic mass is 10.2. The second-order valence-electron chi connectivity index (χ2n) is 4.78. The number of anilines is 2. The fourth-order valence-corrected chi connectivity index (χ4v) is 2.72. The van der Waals surface area contributed by atoms with E-state index >= 15 is 0 Å². The Morgan fingerprint density at radius 2 is 2.06 bits per heavy atom. The number of nitrogens with zero attached hydrogens (tertiary/aromatic N) is 3. The highest BCUT2D eigenvalue weighted by Crippen LogP contribution is 2.32. The van der Waals surface area contributed by atoms with Gasteiger partial charge in [0.05, 0.1) is 5.69 Å². The summed E-state index contributed by atoms with van der Waals surface area (Å²) in [5.74, 6) is 0.836. The van der Waals surface area contributed by atoms with E-state index in [0.717, 1.165) is 37.7 Å². The van der Waals surface area contributed by atoms with Crippen LogP contribution in [0.2, 0.25) is 0 Å². The van der Waals surface area contributed by atoms with E-state index in [9.17, 15) is 0 Å². The molecule has 0 amide bonds. The van der Waals surface area contributed by atoms with Gasteiger partial charge in [0.1, 0.15) is 0 Å². The second kappa shape index (κ2) is 3.78. The second-order valence-corrected chi connectivity index (χ2v) is 4.78. The molecule has 18 heavy (non-hydrogen) atoms. The van der Waals surface area contributed by atoms with E-state index in [1.165, 1.54) is 16.8 Å². The van der Waals surface area contributed by atoms with Crippen molar-refractivity contribution in [1.82, 2.24) is 15.3 Å². The monoisotopic (exact) mass is 238 g/mol. The molecule has 0 saturated carbocycles. The quantitative estimate of drug-likeness (QED) is 0.822.